The van der Waals surface area contributed by atoms with Gasteiger partial charge in [-0.1, -0.05) is 54.2 Å². The molecule has 3 aromatic carbocycles. The summed E-state index contributed by atoms with van der Waals surface area (Å²) in [5.41, 5.74) is 4.78. The molecule has 1 aliphatic heterocycles. The molecule has 1 aliphatic rings. The fourth-order valence-corrected chi connectivity index (χ4v) is 7.28. The van der Waals surface area contributed by atoms with Gasteiger partial charge in [0.1, 0.15) is 10.6 Å². The molecule has 1 N–H and O–H groups in total. The number of thiophene rings is 1. The summed E-state index contributed by atoms with van der Waals surface area (Å²) in [5.74, 6) is 0.671. The standard InChI is InChI=1S/C32H30N4O3S2/c1-21-7-6-10-23(17-21)33-28(37)20-40-32-34-30-29(31(38)36(32)24-11-13-25(39-2)14-12-24)26-15-16-35(19-27(26)41-30)18-22-8-4-3-5-9-22/h3-14,17H,15-16,18-20H2,1-2H3,(H,33,37). The third-order valence-electron chi connectivity index (χ3n) is 7.14. The number of benzene rings is 3. The fraction of sp³-hybridized carbons (Fsp3) is 0.219. The first kappa shape index (κ1) is 27.3. The van der Waals surface area contributed by atoms with E-state index >= 15 is 0 Å². The van der Waals surface area contributed by atoms with E-state index in [1.165, 1.54) is 22.2 Å². The summed E-state index contributed by atoms with van der Waals surface area (Å²) < 4.78 is 6.96. The van der Waals surface area contributed by atoms with Gasteiger partial charge in [0.25, 0.3) is 5.56 Å². The highest BCUT2D eigenvalue weighted by atomic mass is 32.2. The van der Waals surface area contributed by atoms with E-state index < -0.39 is 0 Å². The average Bonchev–Trinajstić information content (AvgIpc) is 3.35. The topological polar surface area (TPSA) is 76.5 Å². The predicted octanol–water partition coefficient (Wildman–Crippen LogP) is 6.05. The van der Waals surface area contributed by atoms with Crippen LogP contribution in [0.1, 0.15) is 21.6 Å². The highest BCUT2D eigenvalue weighted by molar-refractivity contribution is 7.99. The molecular formula is C32H30N4O3S2. The molecule has 2 aromatic heterocycles. The van der Waals surface area contributed by atoms with Crippen molar-refractivity contribution in [3.8, 4) is 11.4 Å². The largest absolute Gasteiger partial charge is 0.497 e. The number of anilines is 1. The Morgan fingerprint density at radius 1 is 1.07 bits per heavy atom. The maximum Gasteiger partial charge on any atom is 0.267 e. The summed E-state index contributed by atoms with van der Waals surface area (Å²) in [5, 5.41) is 4.13. The van der Waals surface area contributed by atoms with Crippen LogP contribution in [0.5, 0.6) is 5.75 Å². The van der Waals surface area contributed by atoms with Crippen molar-refractivity contribution in [2.45, 2.75) is 31.6 Å². The van der Waals surface area contributed by atoms with Crippen molar-refractivity contribution >= 4 is 44.9 Å². The molecule has 0 saturated heterocycles. The number of hydrogen-bond donors (Lipinski definition) is 1. The van der Waals surface area contributed by atoms with Gasteiger partial charge in [-0.3, -0.25) is 19.1 Å². The van der Waals surface area contributed by atoms with Crippen molar-refractivity contribution in [3.63, 3.8) is 0 Å². The highest BCUT2D eigenvalue weighted by Gasteiger charge is 2.26. The van der Waals surface area contributed by atoms with Gasteiger partial charge in [0, 0.05) is 30.2 Å². The van der Waals surface area contributed by atoms with Crippen LogP contribution in [0.15, 0.2) is 88.8 Å². The Hall–Kier alpha value is -3.92. The highest BCUT2D eigenvalue weighted by Crippen LogP contribution is 2.35. The molecule has 0 saturated carbocycles. The van der Waals surface area contributed by atoms with E-state index in [-0.39, 0.29) is 17.2 Å². The smallest absolute Gasteiger partial charge is 0.267 e. The molecule has 0 aliphatic carbocycles. The van der Waals surface area contributed by atoms with Gasteiger partial charge in [-0.05, 0) is 66.4 Å². The zero-order valence-corrected chi connectivity index (χ0v) is 24.6. The molecule has 6 rings (SSSR count). The minimum absolute atomic E-state index is 0.101. The summed E-state index contributed by atoms with van der Waals surface area (Å²) in [6, 6.07) is 25.5. The Morgan fingerprint density at radius 3 is 2.63 bits per heavy atom. The number of aromatic nitrogens is 2. The Kier molecular flexibility index (Phi) is 7.91. The van der Waals surface area contributed by atoms with Crippen LogP contribution >= 0.6 is 23.1 Å². The van der Waals surface area contributed by atoms with Crippen LogP contribution in [0.3, 0.4) is 0 Å². The van der Waals surface area contributed by atoms with E-state index in [1.807, 2.05) is 61.5 Å². The van der Waals surface area contributed by atoms with Gasteiger partial charge >= 0.3 is 0 Å². The number of carbonyl (C=O) groups is 1. The monoisotopic (exact) mass is 582 g/mol. The number of methoxy groups -OCH3 is 1. The minimum Gasteiger partial charge on any atom is -0.497 e. The van der Waals surface area contributed by atoms with E-state index in [0.717, 1.165) is 47.7 Å². The Labute approximate surface area is 246 Å². The number of rotatable bonds is 8. The van der Waals surface area contributed by atoms with Gasteiger partial charge in [-0.25, -0.2) is 4.98 Å². The number of amides is 1. The third kappa shape index (κ3) is 5.93. The lowest BCUT2D eigenvalue weighted by Crippen LogP contribution is -2.30. The third-order valence-corrected chi connectivity index (χ3v) is 9.19. The van der Waals surface area contributed by atoms with Gasteiger partial charge in [-0.2, -0.15) is 0 Å². The lowest BCUT2D eigenvalue weighted by Gasteiger charge is -2.26. The number of fused-ring (bicyclic) bond motifs is 3. The van der Waals surface area contributed by atoms with Gasteiger partial charge < -0.3 is 10.1 Å². The summed E-state index contributed by atoms with van der Waals surface area (Å²) in [7, 11) is 1.61. The number of nitrogens with one attached hydrogen (secondary N) is 1. The van der Waals surface area contributed by atoms with Crippen molar-refractivity contribution in [3.05, 3.63) is 111 Å². The van der Waals surface area contributed by atoms with E-state index in [1.54, 1.807) is 23.0 Å². The first-order chi connectivity index (χ1) is 20.0. The molecular weight excluding hydrogens is 553 g/mol. The molecule has 5 aromatic rings. The Bertz CT molecular complexity index is 1760. The van der Waals surface area contributed by atoms with Crippen molar-refractivity contribution in [2.75, 3.05) is 24.7 Å². The Morgan fingerprint density at radius 2 is 1.88 bits per heavy atom. The van der Waals surface area contributed by atoms with Crippen LogP contribution in [0.4, 0.5) is 5.69 Å². The quantitative estimate of drug-likeness (QED) is 0.177. The lowest BCUT2D eigenvalue weighted by atomic mass is 10.0. The summed E-state index contributed by atoms with van der Waals surface area (Å²) >= 11 is 2.86. The van der Waals surface area contributed by atoms with Crippen molar-refractivity contribution < 1.29 is 9.53 Å². The maximum atomic E-state index is 14.2. The second kappa shape index (κ2) is 11.9. The van der Waals surface area contributed by atoms with E-state index in [2.05, 4.69) is 34.5 Å². The predicted molar refractivity (Wildman–Crippen MR) is 167 cm³/mol. The maximum absolute atomic E-state index is 14.2. The molecule has 0 fully saturated rings. The first-order valence-corrected chi connectivity index (χ1v) is 15.3. The molecule has 3 heterocycles. The molecule has 7 nitrogen and oxygen atoms in total. The molecule has 0 bridgehead atoms. The van der Waals surface area contributed by atoms with Crippen LogP contribution in [-0.4, -0.2) is 39.8 Å². The number of aryl methyl sites for hydroxylation is 1. The normalized spacial score (nSPS) is 13.2. The molecule has 41 heavy (non-hydrogen) atoms. The Balaban J connectivity index is 1.33. The lowest BCUT2D eigenvalue weighted by molar-refractivity contribution is -0.113. The van der Waals surface area contributed by atoms with Crippen molar-refractivity contribution in [1.29, 1.82) is 0 Å². The number of hydrogen-bond acceptors (Lipinski definition) is 7. The molecule has 0 unspecified atom stereocenters. The zero-order valence-electron chi connectivity index (χ0n) is 22.9. The number of thioether (sulfide) groups is 1. The van der Waals surface area contributed by atoms with Crippen LogP contribution in [0.25, 0.3) is 15.9 Å². The van der Waals surface area contributed by atoms with Crippen molar-refractivity contribution in [2.24, 2.45) is 0 Å². The molecule has 0 atom stereocenters. The van der Waals surface area contributed by atoms with Gasteiger partial charge in [0.2, 0.25) is 5.91 Å². The van der Waals surface area contributed by atoms with Crippen LogP contribution in [0, 0.1) is 6.92 Å². The zero-order chi connectivity index (χ0) is 28.3. The van der Waals surface area contributed by atoms with E-state index in [9.17, 15) is 9.59 Å². The first-order valence-electron chi connectivity index (χ1n) is 13.5. The van der Waals surface area contributed by atoms with E-state index in [4.69, 9.17) is 9.72 Å². The number of nitrogens with zero attached hydrogens (tertiary/aromatic N) is 3. The van der Waals surface area contributed by atoms with E-state index in [0.29, 0.717) is 22.0 Å². The van der Waals surface area contributed by atoms with Crippen LogP contribution in [0.2, 0.25) is 0 Å². The number of carbonyl (C=O) groups excluding carboxylic acids is 1. The second-order valence-corrected chi connectivity index (χ2v) is 12.1. The van der Waals surface area contributed by atoms with Crippen molar-refractivity contribution in [1.82, 2.24) is 14.5 Å². The summed E-state index contributed by atoms with van der Waals surface area (Å²) in [4.78, 5) is 36.3. The fourth-order valence-electron chi connectivity index (χ4n) is 5.16. The molecule has 9 heteroatoms. The molecule has 208 valence electrons. The van der Waals surface area contributed by atoms with Gasteiger partial charge in [0.15, 0.2) is 5.16 Å². The molecule has 1 amide bonds. The van der Waals surface area contributed by atoms with Gasteiger partial charge in [-0.15, -0.1) is 11.3 Å². The van der Waals surface area contributed by atoms with Crippen LogP contribution in [-0.2, 0) is 24.3 Å². The minimum atomic E-state index is -0.154. The molecule has 0 radical (unpaired) electrons. The number of ether oxygens (including phenoxy) is 1. The summed E-state index contributed by atoms with van der Waals surface area (Å²) in [6.07, 6.45) is 0.799. The van der Waals surface area contributed by atoms with Crippen LogP contribution < -0.4 is 15.6 Å². The average molecular weight is 583 g/mol. The SMILES string of the molecule is COc1ccc(-n2c(SCC(=O)Nc3cccc(C)c3)nc3sc4c(c3c2=O)CCN(Cc2ccccc2)C4)cc1. The van der Waals surface area contributed by atoms with Gasteiger partial charge in [0.05, 0.1) is 23.9 Å². The summed E-state index contributed by atoms with van der Waals surface area (Å²) in [6.45, 7) is 4.52. The second-order valence-electron chi connectivity index (χ2n) is 10.1. The molecule has 0 spiro atoms.